The molecule has 2 aromatic rings. The average Bonchev–Trinajstić information content (AvgIpc) is 2.65. The Morgan fingerprint density at radius 3 is 2.67 bits per heavy atom. The van der Waals surface area contributed by atoms with Crippen molar-refractivity contribution < 1.29 is 9.53 Å². The predicted octanol–water partition coefficient (Wildman–Crippen LogP) is 3.15. The van der Waals surface area contributed by atoms with E-state index in [1.165, 1.54) is 11.8 Å². The topological polar surface area (TPSA) is 64.4 Å². The van der Waals surface area contributed by atoms with Gasteiger partial charge >= 0.3 is 0 Å². The first kappa shape index (κ1) is 20.4. The van der Waals surface area contributed by atoms with Crippen LogP contribution in [0.1, 0.15) is 20.8 Å². The minimum Gasteiger partial charge on any atom is -0.378 e. The fraction of sp³-hybridized carbons (Fsp3) is 0.526. The third kappa shape index (κ3) is 4.73. The Morgan fingerprint density at radius 2 is 2.00 bits per heavy atom. The number of nitrogens with zero attached hydrogens (tertiary/aromatic N) is 3. The molecule has 6 nitrogen and oxygen atoms in total. The smallest absolute Gasteiger partial charge is 0.262 e. The molecule has 0 N–H and O–H groups in total. The molecular weight excluding hydrogens is 430 g/mol. The predicted molar refractivity (Wildman–Crippen MR) is 111 cm³/mol. The van der Waals surface area contributed by atoms with Crippen molar-refractivity contribution in [3.8, 4) is 0 Å². The quantitative estimate of drug-likeness (QED) is 0.513. The van der Waals surface area contributed by atoms with Crippen LogP contribution in [0.15, 0.2) is 32.6 Å². The van der Waals surface area contributed by atoms with Crippen molar-refractivity contribution >= 4 is 44.5 Å². The van der Waals surface area contributed by atoms with Gasteiger partial charge in [-0.1, -0.05) is 41.5 Å². The van der Waals surface area contributed by atoms with E-state index in [9.17, 15) is 9.59 Å². The van der Waals surface area contributed by atoms with Crippen molar-refractivity contribution in [1.82, 2.24) is 14.5 Å². The van der Waals surface area contributed by atoms with Gasteiger partial charge in [-0.25, -0.2) is 4.98 Å². The Kier molecular flexibility index (Phi) is 6.60. The third-order valence-electron chi connectivity index (χ3n) is 4.38. The minimum absolute atomic E-state index is 0.0598. The summed E-state index contributed by atoms with van der Waals surface area (Å²) in [6, 6.07) is 5.51. The second-order valence-corrected chi connectivity index (χ2v) is 9.29. The monoisotopic (exact) mass is 453 g/mol. The number of carbonyl (C=O) groups excluding carboxylic acids is 1. The largest absolute Gasteiger partial charge is 0.378 e. The summed E-state index contributed by atoms with van der Waals surface area (Å²) in [5.41, 5.74) is 0.584. The van der Waals surface area contributed by atoms with E-state index >= 15 is 0 Å². The average molecular weight is 454 g/mol. The van der Waals surface area contributed by atoms with Crippen LogP contribution in [0.5, 0.6) is 0 Å². The van der Waals surface area contributed by atoms with E-state index < -0.39 is 0 Å². The molecule has 1 amide bonds. The number of hydrogen-bond acceptors (Lipinski definition) is 5. The van der Waals surface area contributed by atoms with Gasteiger partial charge in [-0.3, -0.25) is 14.2 Å². The highest BCUT2D eigenvalue weighted by Crippen LogP contribution is 2.25. The molecule has 1 atom stereocenters. The van der Waals surface area contributed by atoms with Crippen molar-refractivity contribution in [3.63, 3.8) is 0 Å². The highest BCUT2D eigenvalue weighted by molar-refractivity contribution is 9.10. The van der Waals surface area contributed by atoms with Gasteiger partial charge in [0.15, 0.2) is 5.16 Å². The van der Waals surface area contributed by atoms with Gasteiger partial charge in [-0.2, -0.15) is 0 Å². The van der Waals surface area contributed by atoms with Crippen molar-refractivity contribution in [2.45, 2.75) is 37.7 Å². The first-order chi connectivity index (χ1) is 12.9. The van der Waals surface area contributed by atoms with Crippen LogP contribution in [0.25, 0.3) is 10.9 Å². The van der Waals surface area contributed by atoms with Crippen LogP contribution in [-0.4, -0.2) is 51.9 Å². The van der Waals surface area contributed by atoms with Crippen LogP contribution in [0.2, 0.25) is 0 Å². The maximum atomic E-state index is 13.1. The summed E-state index contributed by atoms with van der Waals surface area (Å²) >= 11 is 4.78. The van der Waals surface area contributed by atoms with Crippen molar-refractivity contribution in [2.75, 3.05) is 26.3 Å². The van der Waals surface area contributed by atoms with Crippen molar-refractivity contribution in [1.29, 1.82) is 0 Å². The zero-order chi connectivity index (χ0) is 19.6. The number of hydrogen-bond donors (Lipinski definition) is 0. The summed E-state index contributed by atoms with van der Waals surface area (Å²) in [6.07, 6.45) is 0. The number of ether oxygens (including phenoxy) is 1. The Balaban J connectivity index is 1.95. The Hall–Kier alpha value is -1.38. The maximum absolute atomic E-state index is 13.1. The second-order valence-electron chi connectivity index (χ2n) is 7.06. The number of fused-ring (bicyclic) bond motifs is 1. The van der Waals surface area contributed by atoms with Crippen LogP contribution in [-0.2, 0) is 16.1 Å². The molecular formula is C19H24BrN3O3S. The van der Waals surface area contributed by atoms with E-state index in [0.717, 1.165) is 4.47 Å². The summed E-state index contributed by atoms with van der Waals surface area (Å²) in [4.78, 5) is 32.4. The Bertz CT molecular complexity index is 894. The number of rotatable bonds is 5. The van der Waals surface area contributed by atoms with Gasteiger partial charge in [-0.15, -0.1) is 0 Å². The molecule has 1 fully saturated rings. The summed E-state index contributed by atoms with van der Waals surface area (Å²) in [7, 11) is 0. The summed E-state index contributed by atoms with van der Waals surface area (Å²) < 4.78 is 7.87. The fourth-order valence-electron chi connectivity index (χ4n) is 3.04. The van der Waals surface area contributed by atoms with Gasteiger partial charge in [-0.05, 0) is 31.0 Å². The molecule has 0 radical (unpaired) electrons. The number of halogens is 1. The molecule has 1 aliphatic heterocycles. The number of aromatic nitrogens is 2. The molecule has 0 spiro atoms. The van der Waals surface area contributed by atoms with E-state index in [-0.39, 0.29) is 16.7 Å². The normalized spacial score (nSPS) is 16.1. The highest BCUT2D eigenvalue weighted by atomic mass is 79.9. The van der Waals surface area contributed by atoms with Gasteiger partial charge in [0.2, 0.25) is 5.91 Å². The molecule has 8 heteroatoms. The molecule has 0 saturated carbocycles. The lowest BCUT2D eigenvalue weighted by Gasteiger charge is -2.29. The Labute approximate surface area is 171 Å². The number of carbonyl (C=O) groups is 1. The van der Waals surface area contributed by atoms with Gasteiger partial charge in [0, 0.05) is 24.1 Å². The first-order valence-corrected chi connectivity index (χ1v) is 10.8. The van der Waals surface area contributed by atoms with Crippen LogP contribution in [0, 0.1) is 5.92 Å². The fourth-order valence-corrected chi connectivity index (χ4v) is 4.40. The molecule has 1 aliphatic rings. The van der Waals surface area contributed by atoms with Crippen LogP contribution in [0.3, 0.4) is 0 Å². The lowest BCUT2D eigenvalue weighted by molar-refractivity contribution is -0.134. The zero-order valence-corrected chi connectivity index (χ0v) is 18.2. The third-order valence-corrected chi connectivity index (χ3v) is 5.95. The van der Waals surface area contributed by atoms with Crippen LogP contribution < -0.4 is 5.56 Å². The molecule has 1 saturated heterocycles. The van der Waals surface area contributed by atoms with Crippen molar-refractivity contribution in [3.05, 3.63) is 33.0 Å². The summed E-state index contributed by atoms with van der Waals surface area (Å²) in [6.45, 7) is 8.94. The molecule has 1 aromatic heterocycles. The van der Waals surface area contributed by atoms with E-state index in [2.05, 4.69) is 29.8 Å². The molecule has 2 heterocycles. The lowest BCUT2D eigenvalue weighted by atomic mass is 10.2. The molecule has 27 heavy (non-hydrogen) atoms. The summed E-state index contributed by atoms with van der Waals surface area (Å²) in [5, 5.41) is 0.862. The molecule has 146 valence electrons. The SMILES string of the molecule is CC(C)Cn1c(SC(C)C(=O)N2CCOCC2)nc2ccc(Br)cc2c1=O. The van der Waals surface area contributed by atoms with Gasteiger partial charge in [0.1, 0.15) is 0 Å². The van der Waals surface area contributed by atoms with Crippen LogP contribution >= 0.6 is 27.7 Å². The maximum Gasteiger partial charge on any atom is 0.262 e. The highest BCUT2D eigenvalue weighted by Gasteiger charge is 2.25. The number of thioether (sulfide) groups is 1. The van der Waals surface area contributed by atoms with Gasteiger partial charge in [0.25, 0.3) is 5.56 Å². The van der Waals surface area contributed by atoms with Crippen LogP contribution in [0.4, 0.5) is 0 Å². The molecule has 0 aliphatic carbocycles. The van der Waals surface area contributed by atoms with E-state index in [1.54, 1.807) is 10.6 Å². The first-order valence-electron chi connectivity index (χ1n) is 9.10. The standard InChI is InChI=1S/C19H24BrN3O3S/c1-12(2)11-23-18(25)15-10-14(20)4-5-16(15)21-19(23)27-13(3)17(24)22-6-8-26-9-7-22/h4-5,10,12-13H,6-9,11H2,1-3H3. The Morgan fingerprint density at radius 1 is 1.30 bits per heavy atom. The van der Waals surface area contributed by atoms with E-state index in [1.807, 2.05) is 24.0 Å². The second kappa shape index (κ2) is 8.75. The summed E-state index contributed by atoms with van der Waals surface area (Å²) in [5.74, 6) is 0.350. The minimum atomic E-state index is -0.318. The molecule has 1 unspecified atom stereocenters. The molecule has 0 bridgehead atoms. The number of benzene rings is 1. The van der Waals surface area contributed by atoms with Crippen molar-refractivity contribution in [2.24, 2.45) is 5.92 Å². The van der Waals surface area contributed by atoms with E-state index in [4.69, 9.17) is 9.72 Å². The van der Waals surface area contributed by atoms with Gasteiger partial charge < -0.3 is 9.64 Å². The van der Waals surface area contributed by atoms with Gasteiger partial charge in [0.05, 0.1) is 29.4 Å². The number of amides is 1. The molecule has 3 rings (SSSR count). The van der Waals surface area contributed by atoms with E-state index in [0.29, 0.717) is 54.8 Å². The zero-order valence-electron chi connectivity index (χ0n) is 15.8. The molecule has 1 aromatic carbocycles. The number of morpholine rings is 1. The lowest BCUT2D eigenvalue weighted by Crippen LogP contribution is -2.44.